The fourth-order valence-electron chi connectivity index (χ4n) is 10.1. The minimum Gasteiger partial charge on any atom is -0.463 e. The highest BCUT2D eigenvalue weighted by atomic mass is 31.2. The summed E-state index contributed by atoms with van der Waals surface area (Å²) in [6, 6.07) is 0. The summed E-state index contributed by atoms with van der Waals surface area (Å²) < 4.78 is 61.0. The van der Waals surface area contributed by atoms with Gasteiger partial charge in [-0.05, 0) is 116 Å². The summed E-state index contributed by atoms with van der Waals surface area (Å²) in [5.74, 6) is -1.61. The number of hydrogen-bond acceptors (Lipinski definition) is 14. The molecule has 16 nitrogen and oxygen atoms in total. The molecule has 0 amide bonds. The number of carbonyl (C=O) groups is 3. The molecule has 0 rings (SSSR count). The van der Waals surface area contributed by atoms with Crippen LogP contribution in [-0.4, -0.2) is 95.9 Å². The molecule has 0 radical (unpaired) electrons. The van der Waals surface area contributed by atoms with Gasteiger partial charge in [-0.25, -0.2) is 9.13 Å². The minimum absolute atomic E-state index is 0.0975. The number of rotatable bonds is 72. The SMILES string of the molecule is CC/C=C\C/C=C\C/C=C\C/C=C\C/C=C\C/C=C\CCCCCCCCCCCCCCCCC(=O)OCC(O)COP(=O)(O)OCC(O)COP(=O)(O)OCC(COC(=O)CCCCC/C=C\C/C=C\C/C=C\C/C=C\C/C=C\CC)OC(=O)CCCCCCCCCCCCC. The van der Waals surface area contributed by atoms with Gasteiger partial charge >= 0.3 is 33.6 Å². The molecule has 0 saturated heterocycles. The summed E-state index contributed by atoms with van der Waals surface area (Å²) in [6.07, 6.45) is 88.1. The maximum absolute atomic E-state index is 12.9. The smallest absolute Gasteiger partial charge is 0.463 e. The Kier molecular flexibility index (Phi) is 70.2. The Morgan fingerprint density at radius 1 is 0.293 bits per heavy atom. The molecule has 99 heavy (non-hydrogen) atoms. The summed E-state index contributed by atoms with van der Waals surface area (Å²) in [6.45, 7) is 2.40. The highest BCUT2D eigenvalue weighted by Gasteiger charge is 2.29. The third kappa shape index (κ3) is 74.7. The van der Waals surface area contributed by atoms with Crippen molar-refractivity contribution in [2.75, 3.05) is 39.6 Å². The molecule has 0 aromatic carbocycles. The molecule has 0 fully saturated rings. The summed E-state index contributed by atoms with van der Waals surface area (Å²) in [7, 11) is -9.79. The largest absolute Gasteiger partial charge is 0.472 e. The van der Waals surface area contributed by atoms with Crippen LogP contribution in [0.25, 0.3) is 0 Å². The van der Waals surface area contributed by atoms with Gasteiger partial charge in [0.05, 0.1) is 26.4 Å². The molecule has 0 aliphatic rings. The van der Waals surface area contributed by atoms with Crippen LogP contribution in [0, 0.1) is 0 Å². The molecule has 0 spiro atoms. The molecule has 0 bridgehead atoms. The molecule has 0 saturated carbocycles. The fourth-order valence-corrected chi connectivity index (χ4v) is 11.7. The second kappa shape index (κ2) is 73.4. The minimum atomic E-state index is -4.93. The van der Waals surface area contributed by atoms with Gasteiger partial charge in [0, 0.05) is 19.3 Å². The highest BCUT2D eigenvalue weighted by molar-refractivity contribution is 7.47. The van der Waals surface area contributed by atoms with Crippen LogP contribution in [0.2, 0.25) is 0 Å². The van der Waals surface area contributed by atoms with Crippen LogP contribution in [0.5, 0.6) is 0 Å². The van der Waals surface area contributed by atoms with E-state index < -0.39 is 91.5 Å². The second-order valence-corrected chi connectivity index (χ2v) is 28.3. The molecule has 0 aromatic rings. The summed E-state index contributed by atoms with van der Waals surface area (Å²) in [5, 5.41) is 20.6. The summed E-state index contributed by atoms with van der Waals surface area (Å²) in [5.41, 5.74) is 0. The average Bonchev–Trinajstić information content (AvgIpc) is 1.28. The van der Waals surface area contributed by atoms with Gasteiger partial charge in [-0.1, -0.05) is 302 Å². The van der Waals surface area contributed by atoms with Gasteiger partial charge in [-0.15, -0.1) is 0 Å². The van der Waals surface area contributed by atoms with E-state index in [9.17, 15) is 43.5 Å². The molecule has 0 heterocycles. The lowest BCUT2D eigenvalue weighted by Gasteiger charge is -2.21. The zero-order valence-electron chi connectivity index (χ0n) is 61.9. The predicted molar refractivity (Wildman–Crippen MR) is 408 cm³/mol. The summed E-state index contributed by atoms with van der Waals surface area (Å²) in [4.78, 5) is 58.4. The monoisotopic (exact) mass is 1430 g/mol. The van der Waals surface area contributed by atoms with Crippen molar-refractivity contribution in [2.45, 2.75) is 322 Å². The van der Waals surface area contributed by atoms with Crippen LogP contribution >= 0.6 is 15.6 Å². The zero-order chi connectivity index (χ0) is 72.3. The molecule has 568 valence electrons. The van der Waals surface area contributed by atoms with Crippen molar-refractivity contribution in [3.8, 4) is 0 Å². The van der Waals surface area contributed by atoms with Gasteiger partial charge in [-0.3, -0.25) is 32.5 Å². The van der Waals surface area contributed by atoms with Gasteiger partial charge in [0.15, 0.2) is 6.10 Å². The summed E-state index contributed by atoms with van der Waals surface area (Å²) >= 11 is 0. The lowest BCUT2D eigenvalue weighted by molar-refractivity contribution is -0.161. The van der Waals surface area contributed by atoms with Crippen LogP contribution < -0.4 is 0 Å². The van der Waals surface area contributed by atoms with Crippen molar-refractivity contribution in [1.29, 1.82) is 0 Å². The van der Waals surface area contributed by atoms with Crippen molar-refractivity contribution in [3.05, 3.63) is 134 Å². The third-order valence-corrected chi connectivity index (χ3v) is 17.8. The van der Waals surface area contributed by atoms with E-state index in [1.54, 1.807) is 0 Å². The first-order chi connectivity index (χ1) is 48.2. The van der Waals surface area contributed by atoms with Crippen LogP contribution in [0.4, 0.5) is 0 Å². The zero-order valence-corrected chi connectivity index (χ0v) is 63.7. The Morgan fingerprint density at radius 3 is 0.859 bits per heavy atom. The van der Waals surface area contributed by atoms with Gasteiger partial charge in [-0.2, -0.15) is 0 Å². The lowest BCUT2D eigenvalue weighted by atomic mass is 10.0. The van der Waals surface area contributed by atoms with E-state index >= 15 is 0 Å². The van der Waals surface area contributed by atoms with E-state index in [0.717, 1.165) is 141 Å². The van der Waals surface area contributed by atoms with Crippen molar-refractivity contribution < 1.29 is 75.8 Å². The van der Waals surface area contributed by atoms with E-state index in [4.69, 9.17) is 32.3 Å². The number of aliphatic hydroxyl groups excluding tert-OH is 2. The van der Waals surface area contributed by atoms with Gasteiger partial charge < -0.3 is 34.2 Å². The van der Waals surface area contributed by atoms with Crippen LogP contribution in [0.1, 0.15) is 303 Å². The average molecular weight is 1430 g/mol. The quantitative estimate of drug-likeness (QED) is 0.0146. The number of unbranched alkanes of at least 4 members (excludes halogenated alkanes) is 27. The van der Waals surface area contributed by atoms with E-state index in [-0.39, 0.29) is 19.3 Å². The van der Waals surface area contributed by atoms with Crippen molar-refractivity contribution in [3.63, 3.8) is 0 Å². The molecular weight excluding hydrogens is 1290 g/mol. The van der Waals surface area contributed by atoms with Gasteiger partial charge in [0.2, 0.25) is 0 Å². The molecule has 0 aromatic heterocycles. The van der Waals surface area contributed by atoms with Crippen LogP contribution in [0.15, 0.2) is 134 Å². The molecule has 0 aliphatic heterocycles. The van der Waals surface area contributed by atoms with Crippen molar-refractivity contribution >= 4 is 33.6 Å². The van der Waals surface area contributed by atoms with E-state index in [1.807, 2.05) is 0 Å². The normalized spacial score (nSPS) is 14.8. The van der Waals surface area contributed by atoms with Crippen molar-refractivity contribution in [1.82, 2.24) is 0 Å². The Labute approximate surface area is 601 Å². The van der Waals surface area contributed by atoms with Crippen LogP contribution in [-0.2, 0) is 55.8 Å². The number of carbonyl (C=O) groups excluding carboxylic acids is 3. The predicted octanol–water partition coefficient (Wildman–Crippen LogP) is 22.3. The first-order valence-corrected chi connectivity index (χ1v) is 41.5. The lowest BCUT2D eigenvalue weighted by Crippen LogP contribution is -2.30. The maximum atomic E-state index is 12.9. The number of allylic oxidation sites excluding steroid dienone is 22. The number of esters is 3. The Bertz CT molecular complexity index is 2330. The van der Waals surface area contributed by atoms with E-state index in [0.29, 0.717) is 19.3 Å². The number of phosphoric ester groups is 2. The second-order valence-electron chi connectivity index (χ2n) is 25.4. The number of phosphoric acid groups is 2. The van der Waals surface area contributed by atoms with Gasteiger partial charge in [0.1, 0.15) is 25.4 Å². The van der Waals surface area contributed by atoms with Crippen molar-refractivity contribution in [2.24, 2.45) is 0 Å². The first-order valence-electron chi connectivity index (χ1n) is 38.5. The first kappa shape index (κ1) is 94.7. The molecule has 5 unspecified atom stereocenters. The Balaban J connectivity index is 4.40. The highest BCUT2D eigenvalue weighted by Crippen LogP contribution is 2.45. The number of hydrogen-bond donors (Lipinski definition) is 4. The van der Waals surface area contributed by atoms with E-state index in [1.165, 1.54) is 103 Å². The number of aliphatic hydroxyl groups is 2. The Hall–Kier alpha value is -4.31. The molecule has 5 atom stereocenters. The van der Waals surface area contributed by atoms with E-state index in [2.05, 4.69) is 154 Å². The molecular formula is C81H138O16P2. The molecule has 18 heteroatoms. The fraction of sp³-hybridized carbons (Fsp3) is 0.691. The van der Waals surface area contributed by atoms with Crippen LogP contribution in [0.3, 0.4) is 0 Å². The molecule has 0 aliphatic carbocycles. The third-order valence-electron chi connectivity index (χ3n) is 15.9. The Morgan fingerprint density at radius 2 is 0.535 bits per heavy atom. The molecule has 4 N–H and O–H groups in total. The number of ether oxygens (including phenoxy) is 3. The van der Waals surface area contributed by atoms with Gasteiger partial charge in [0.25, 0.3) is 0 Å². The maximum Gasteiger partial charge on any atom is 0.472 e. The topological polar surface area (TPSA) is 231 Å². The standard InChI is InChI=1S/C81H138O16P2/c1-4-7-10-13-16-19-22-24-26-28-30-31-32-33-34-35-36-37-38-39-40-41-42-43-45-47-48-50-53-55-58-61-64-67-79(84)91-70-76(82)71-93-98(87,88)94-72-77(83)73-95-99(89,90)96-75-78(97-81(86)69-66-63-60-57-52-21-18-15-12-9-6-3)74-92-80(85)68-65-62-59-56-54-51-49-46-44-29-27-25-23-20-17-14-11-8-5-2/h7-8,10-11,16-17,19-20,24-27,30-31,33-34,36-37,44,46,51,54,76-78,82-83H,4-6,9,12-15,18,21-23,28-29,32,35,38-43,45,47-50,52-53,55-75H2,1-3H3,(H,87,88)(H,89,90)/b10-7-,11-8-,19-16-,20-17-,26-24-,27-25-,31-30-,34-33-,37-36-,46-44-,54-51-.